The van der Waals surface area contributed by atoms with E-state index in [4.69, 9.17) is 4.42 Å². The van der Waals surface area contributed by atoms with Gasteiger partial charge in [-0.25, -0.2) is 0 Å². The van der Waals surface area contributed by atoms with E-state index in [1.165, 1.54) is 18.3 Å². The van der Waals surface area contributed by atoms with Gasteiger partial charge in [0.15, 0.2) is 0 Å². The van der Waals surface area contributed by atoms with Gasteiger partial charge in [-0.05, 0) is 66.6 Å². The molecule has 36 heavy (non-hydrogen) atoms. The Hall–Kier alpha value is -3.24. The first kappa shape index (κ1) is 27.3. The Morgan fingerprint density at radius 2 is 1.53 bits per heavy atom. The van der Waals surface area contributed by atoms with E-state index in [9.17, 15) is 26.3 Å². The van der Waals surface area contributed by atoms with E-state index >= 15 is 0 Å². The van der Waals surface area contributed by atoms with Crippen molar-refractivity contribution in [3.63, 3.8) is 0 Å². The van der Waals surface area contributed by atoms with Crippen LogP contribution in [0, 0.1) is 0 Å². The number of aromatic nitrogens is 1. The minimum Gasteiger partial charge on any atom is -0.468 e. The molecule has 4 rings (SSSR count). The summed E-state index contributed by atoms with van der Waals surface area (Å²) in [5.74, 6) is 0.844. The lowest BCUT2D eigenvalue weighted by atomic mass is 9.98. The summed E-state index contributed by atoms with van der Waals surface area (Å²) in [6.45, 7) is 2.02. The fraction of sp³-hybridized carbons (Fsp3) is 0.240. The van der Waals surface area contributed by atoms with Crippen LogP contribution in [0.3, 0.4) is 0 Å². The van der Waals surface area contributed by atoms with Gasteiger partial charge in [0.25, 0.3) is 0 Å². The maximum atomic E-state index is 13.2. The third kappa shape index (κ3) is 6.70. The highest BCUT2D eigenvalue weighted by Crippen LogP contribution is 2.39. The second kappa shape index (κ2) is 11.2. The predicted molar refractivity (Wildman–Crippen MR) is 128 cm³/mol. The van der Waals surface area contributed by atoms with Gasteiger partial charge < -0.3 is 15.1 Å². The summed E-state index contributed by atoms with van der Waals surface area (Å²) in [6.07, 6.45) is -5.85. The summed E-state index contributed by atoms with van der Waals surface area (Å²) in [6, 6.07) is 11.6. The minimum absolute atomic E-state index is 0. The number of fused-ring (bicyclic) bond motifs is 1. The Kier molecular flexibility index (Phi) is 8.52. The molecule has 0 radical (unpaired) electrons. The summed E-state index contributed by atoms with van der Waals surface area (Å²) in [7, 11) is 0. The Bertz CT molecular complexity index is 1260. The van der Waals surface area contributed by atoms with Crippen molar-refractivity contribution in [2.45, 2.75) is 25.3 Å². The quantitative estimate of drug-likeness (QED) is 0.183. The Morgan fingerprint density at radius 1 is 0.806 bits per heavy atom. The largest absolute Gasteiger partial charge is 0.468 e. The number of rotatable bonds is 8. The molecule has 192 valence electrons. The van der Waals surface area contributed by atoms with Gasteiger partial charge in [-0.1, -0.05) is 12.1 Å². The van der Waals surface area contributed by atoms with Crippen LogP contribution >= 0.6 is 12.4 Å². The summed E-state index contributed by atoms with van der Waals surface area (Å²) < 4.78 is 84.6. The van der Waals surface area contributed by atoms with Gasteiger partial charge in [0.2, 0.25) is 0 Å². The fourth-order valence-electron chi connectivity index (χ4n) is 3.66. The van der Waals surface area contributed by atoms with Gasteiger partial charge in [-0.3, -0.25) is 4.98 Å². The first-order valence-electron chi connectivity index (χ1n) is 10.8. The number of nitrogens with one attached hydrogen (secondary N) is 2. The van der Waals surface area contributed by atoms with Crippen LogP contribution in [0.15, 0.2) is 71.5 Å². The number of nitrogens with zero attached hydrogens (tertiary/aromatic N) is 1. The van der Waals surface area contributed by atoms with Crippen molar-refractivity contribution < 1.29 is 30.8 Å². The van der Waals surface area contributed by atoms with Crippen molar-refractivity contribution in [1.29, 1.82) is 0 Å². The highest BCUT2D eigenvalue weighted by Gasteiger charge is 2.37. The van der Waals surface area contributed by atoms with E-state index in [0.717, 1.165) is 24.4 Å². The van der Waals surface area contributed by atoms with Crippen molar-refractivity contribution >= 4 is 29.0 Å². The molecular formula is C25H22ClF6N3O. The monoisotopic (exact) mass is 529 g/mol. The molecule has 0 unspecified atom stereocenters. The standard InChI is InChI=1S/C25H21F6N3O.ClH/c26-24(27,28)18-11-17(12-19(14-18)25(29,30)31)16-4-5-21-22(6-9-34-23(21)13-16)33-8-2-7-32-15-20-3-1-10-35-20;/h1,3-6,9-14,32H,2,7-8,15H2,(H,33,34);1H. The van der Waals surface area contributed by atoms with E-state index in [2.05, 4.69) is 15.6 Å². The number of furan rings is 1. The molecule has 0 aliphatic heterocycles. The van der Waals surface area contributed by atoms with Crippen molar-refractivity contribution in [2.24, 2.45) is 0 Å². The first-order chi connectivity index (χ1) is 16.6. The topological polar surface area (TPSA) is 50.1 Å². The Labute approximate surface area is 209 Å². The number of hydrogen-bond acceptors (Lipinski definition) is 4. The highest BCUT2D eigenvalue weighted by atomic mass is 35.5. The van der Waals surface area contributed by atoms with Crippen LogP contribution in [0.4, 0.5) is 32.0 Å². The molecule has 4 nitrogen and oxygen atoms in total. The molecule has 0 spiro atoms. The van der Waals surface area contributed by atoms with E-state index < -0.39 is 23.5 Å². The van der Waals surface area contributed by atoms with Crippen LogP contribution in [0.1, 0.15) is 23.3 Å². The lowest BCUT2D eigenvalue weighted by molar-refractivity contribution is -0.143. The van der Waals surface area contributed by atoms with E-state index in [0.29, 0.717) is 36.1 Å². The third-order valence-corrected chi connectivity index (χ3v) is 5.39. The second-order valence-corrected chi connectivity index (χ2v) is 7.92. The van der Waals surface area contributed by atoms with Crippen molar-refractivity contribution in [3.05, 3.63) is 83.9 Å². The normalized spacial score (nSPS) is 11.9. The smallest absolute Gasteiger partial charge is 0.416 e. The molecule has 2 aromatic carbocycles. The SMILES string of the molecule is Cl.FC(F)(F)c1cc(-c2ccc3c(NCCCNCc4ccco4)ccnc3c2)cc(C(F)(F)F)c1. The van der Waals surface area contributed by atoms with Crippen LogP contribution in [0.2, 0.25) is 0 Å². The number of halogens is 7. The summed E-state index contributed by atoms with van der Waals surface area (Å²) in [5.41, 5.74) is -1.46. The average Bonchev–Trinajstić information content (AvgIpc) is 3.33. The highest BCUT2D eigenvalue weighted by molar-refractivity contribution is 5.93. The van der Waals surface area contributed by atoms with Gasteiger partial charge in [0.05, 0.1) is 29.5 Å². The molecule has 2 N–H and O–H groups in total. The van der Waals surface area contributed by atoms with E-state index in [1.54, 1.807) is 18.4 Å². The molecule has 4 aromatic rings. The zero-order chi connectivity index (χ0) is 25.1. The fourth-order valence-corrected chi connectivity index (χ4v) is 3.66. The van der Waals surface area contributed by atoms with Crippen molar-refractivity contribution in [2.75, 3.05) is 18.4 Å². The molecule has 0 fully saturated rings. The zero-order valence-electron chi connectivity index (χ0n) is 18.7. The van der Waals surface area contributed by atoms with Gasteiger partial charge in [0, 0.05) is 23.8 Å². The minimum atomic E-state index is -4.91. The number of hydrogen-bond donors (Lipinski definition) is 2. The molecule has 0 bridgehead atoms. The number of benzene rings is 2. The third-order valence-electron chi connectivity index (χ3n) is 5.39. The van der Waals surface area contributed by atoms with Crippen LogP contribution in [-0.4, -0.2) is 18.1 Å². The lowest BCUT2D eigenvalue weighted by Crippen LogP contribution is -2.17. The molecule has 0 amide bonds. The summed E-state index contributed by atoms with van der Waals surface area (Å²) in [4.78, 5) is 4.25. The molecule has 0 saturated carbocycles. The molecular weight excluding hydrogens is 508 g/mol. The van der Waals surface area contributed by atoms with Crippen LogP contribution in [0.25, 0.3) is 22.0 Å². The van der Waals surface area contributed by atoms with Crippen LogP contribution < -0.4 is 10.6 Å². The second-order valence-electron chi connectivity index (χ2n) is 7.92. The molecule has 0 saturated heterocycles. The first-order valence-corrected chi connectivity index (χ1v) is 10.8. The van der Waals surface area contributed by atoms with E-state index in [1.807, 2.05) is 12.1 Å². The van der Waals surface area contributed by atoms with Crippen LogP contribution in [-0.2, 0) is 18.9 Å². The van der Waals surface area contributed by atoms with Crippen molar-refractivity contribution in [1.82, 2.24) is 10.3 Å². The van der Waals surface area contributed by atoms with Gasteiger partial charge in [0.1, 0.15) is 5.76 Å². The number of alkyl halides is 6. The van der Waals surface area contributed by atoms with E-state index in [-0.39, 0.29) is 29.6 Å². The maximum absolute atomic E-state index is 13.2. The summed E-state index contributed by atoms with van der Waals surface area (Å²) >= 11 is 0. The zero-order valence-corrected chi connectivity index (χ0v) is 19.5. The molecule has 2 aromatic heterocycles. The maximum Gasteiger partial charge on any atom is 0.416 e. The lowest BCUT2D eigenvalue weighted by Gasteiger charge is -2.15. The van der Waals surface area contributed by atoms with Crippen molar-refractivity contribution in [3.8, 4) is 11.1 Å². The predicted octanol–water partition coefficient (Wildman–Crippen LogP) is 7.55. The number of pyridine rings is 1. The summed E-state index contributed by atoms with van der Waals surface area (Å²) in [5, 5.41) is 7.27. The molecule has 0 aliphatic carbocycles. The van der Waals surface area contributed by atoms with Gasteiger partial charge >= 0.3 is 12.4 Å². The number of anilines is 1. The molecule has 2 heterocycles. The molecule has 0 aliphatic rings. The van der Waals surface area contributed by atoms with Crippen LogP contribution in [0.5, 0.6) is 0 Å². The molecule has 11 heteroatoms. The molecule has 0 atom stereocenters. The Morgan fingerprint density at radius 3 is 2.17 bits per heavy atom. The van der Waals surface area contributed by atoms with Gasteiger partial charge in [-0.15, -0.1) is 12.4 Å². The average molecular weight is 530 g/mol. The van der Waals surface area contributed by atoms with Gasteiger partial charge in [-0.2, -0.15) is 26.3 Å². The Balaban J connectivity index is 0.00000361.